The van der Waals surface area contributed by atoms with Crippen molar-refractivity contribution in [3.8, 4) is 0 Å². The van der Waals surface area contributed by atoms with Crippen LogP contribution in [0.25, 0.3) is 0 Å². The van der Waals surface area contributed by atoms with Gasteiger partial charge >= 0.3 is 6.03 Å². The summed E-state index contributed by atoms with van der Waals surface area (Å²) in [4.78, 5) is 13.7. The number of likely N-dealkylation sites (tertiary alicyclic amines) is 1. The van der Waals surface area contributed by atoms with Crippen LogP contribution >= 0.6 is 0 Å². The molecule has 106 valence electrons. The van der Waals surface area contributed by atoms with Gasteiger partial charge in [-0.15, -0.1) is 0 Å². The first-order valence-electron chi connectivity index (χ1n) is 5.44. The molecule has 0 aromatic heterocycles. The minimum Gasteiger partial charge on any atom is -0.331 e. The lowest BCUT2D eigenvalue weighted by molar-refractivity contribution is 0.0138. The van der Waals surface area contributed by atoms with E-state index in [-0.39, 0.29) is 5.75 Å². The maximum absolute atomic E-state index is 13.3. The Morgan fingerprint density at radius 2 is 2.06 bits per heavy atom. The Labute approximate surface area is 105 Å². The average molecular weight is 285 g/mol. The van der Waals surface area contributed by atoms with Gasteiger partial charge in [0.25, 0.3) is 5.92 Å². The van der Waals surface area contributed by atoms with E-state index in [0.717, 1.165) is 9.80 Å². The topological polar surface area (TPSA) is 69.7 Å². The maximum Gasteiger partial charge on any atom is 0.320 e. The molecule has 0 aromatic carbocycles. The average Bonchev–Trinajstić information content (AvgIpc) is 2.51. The lowest BCUT2D eigenvalue weighted by atomic mass is 10.3. The zero-order valence-electron chi connectivity index (χ0n) is 10.5. The molecule has 1 atom stereocenters. The van der Waals surface area contributed by atoms with Gasteiger partial charge in [0.15, 0.2) is 0 Å². The molecule has 1 N–H and O–H groups in total. The standard InChI is InChI=1S/C9H17F2N3O3S/c1-4-18(16,17)12-7-5-9(10,11)6-14(7)8(15)13(2)3/h7,12H,4-6H2,1-3H3. The summed E-state index contributed by atoms with van der Waals surface area (Å²) in [6, 6.07) is -0.643. The van der Waals surface area contributed by atoms with Gasteiger partial charge in [-0.25, -0.2) is 22.0 Å². The van der Waals surface area contributed by atoms with Crippen LogP contribution < -0.4 is 4.72 Å². The van der Waals surface area contributed by atoms with E-state index < -0.39 is 41.1 Å². The van der Waals surface area contributed by atoms with Crippen molar-refractivity contribution in [2.75, 3.05) is 26.4 Å². The van der Waals surface area contributed by atoms with Gasteiger partial charge in [0.1, 0.15) is 6.17 Å². The molecular formula is C9H17F2N3O3S. The molecule has 1 rings (SSSR count). The van der Waals surface area contributed by atoms with Crippen LogP contribution in [0, 0.1) is 0 Å². The van der Waals surface area contributed by atoms with Crippen molar-refractivity contribution >= 4 is 16.1 Å². The largest absolute Gasteiger partial charge is 0.331 e. The van der Waals surface area contributed by atoms with Gasteiger partial charge in [0.2, 0.25) is 10.0 Å². The summed E-state index contributed by atoms with van der Waals surface area (Å²) in [7, 11) is -0.799. The Bertz CT molecular complexity index is 425. The van der Waals surface area contributed by atoms with Crippen LogP contribution in [0.5, 0.6) is 0 Å². The van der Waals surface area contributed by atoms with E-state index in [1.54, 1.807) is 0 Å². The number of nitrogens with zero attached hydrogens (tertiary/aromatic N) is 2. The van der Waals surface area contributed by atoms with Crippen molar-refractivity contribution in [1.82, 2.24) is 14.5 Å². The summed E-state index contributed by atoms with van der Waals surface area (Å²) < 4.78 is 51.5. The fourth-order valence-electron chi connectivity index (χ4n) is 1.67. The third kappa shape index (κ3) is 3.52. The molecule has 0 saturated carbocycles. The minimum atomic E-state index is -3.64. The Balaban J connectivity index is 2.90. The predicted octanol–water partition coefficient (Wildman–Crippen LogP) is 0.274. The fraction of sp³-hybridized carbons (Fsp3) is 0.889. The van der Waals surface area contributed by atoms with Crippen molar-refractivity contribution in [3.63, 3.8) is 0 Å². The van der Waals surface area contributed by atoms with Crippen molar-refractivity contribution in [2.45, 2.75) is 25.4 Å². The van der Waals surface area contributed by atoms with Crippen LogP contribution in [-0.4, -0.2) is 62.7 Å². The molecule has 1 heterocycles. The van der Waals surface area contributed by atoms with Crippen LogP contribution in [0.1, 0.15) is 13.3 Å². The van der Waals surface area contributed by atoms with Crippen molar-refractivity contribution in [3.05, 3.63) is 0 Å². The van der Waals surface area contributed by atoms with Crippen LogP contribution in [0.15, 0.2) is 0 Å². The molecule has 6 nitrogen and oxygen atoms in total. The number of alkyl halides is 2. The molecule has 1 aliphatic rings. The number of halogens is 2. The Morgan fingerprint density at radius 3 is 2.50 bits per heavy atom. The highest BCUT2D eigenvalue weighted by Gasteiger charge is 2.48. The fourth-order valence-corrected chi connectivity index (χ4v) is 2.46. The predicted molar refractivity (Wildman–Crippen MR) is 61.7 cm³/mol. The monoisotopic (exact) mass is 285 g/mol. The lowest BCUT2D eigenvalue weighted by Gasteiger charge is -2.27. The summed E-state index contributed by atoms with van der Waals surface area (Å²) >= 11 is 0. The van der Waals surface area contributed by atoms with Gasteiger partial charge in [-0.05, 0) is 6.92 Å². The van der Waals surface area contributed by atoms with Gasteiger partial charge < -0.3 is 9.80 Å². The number of nitrogens with one attached hydrogen (secondary N) is 1. The second-order valence-corrected chi connectivity index (χ2v) is 6.44. The number of hydrogen-bond donors (Lipinski definition) is 1. The molecule has 18 heavy (non-hydrogen) atoms. The molecule has 1 fully saturated rings. The van der Waals surface area contributed by atoms with E-state index in [2.05, 4.69) is 4.72 Å². The molecule has 1 saturated heterocycles. The summed E-state index contributed by atoms with van der Waals surface area (Å²) in [5, 5.41) is 0. The highest BCUT2D eigenvalue weighted by molar-refractivity contribution is 7.89. The molecule has 2 amide bonds. The van der Waals surface area contributed by atoms with E-state index in [9.17, 15) is 22.0 Å². The smallest absolute Gasteiger partial charge is 0.320 e. The number of hydrogen-bond acceptors (Lipinski definition) is 3. The first-order valence-corrected chi connectivity index (χ1v) is 7.09. The Morgan fingerprint density at radius 1 is 1.50 bits per heavy atom. The number of carbonyl (C=O) groups is 1. The highest BCUT2D eigenvalue weighted by atomic mass is 32.2. The molecule has 0 bridgehead atoms. The zero-order valence-corrected chi connectivity index (χ0v) is 11.3. The van der Waals surface area contributed by atoms with Gasteiger partial charge in [0, 0.05) is 20.5 Å². The van der Waals surface area contributed by atoms with Crippen LogP contribution in [-0.2, 0) is 10.0 Å². The molecule has 0 aromatic rings. The van der Waals surface area contributed by atoms with Gasteiger partial charge in [-0.3, -0.25) is 0 Å². The number of rotatable bonds is 3. The second kappa shape index (κ2) is 4.96. The third-order valence-corrected chi connectivity index (χ3v) is 3.99. The first kappa shape index (κ1) is 15.1. The number of sulfonamides is 1. The summed E-state index contributed by atoms with van der Waals surface area (Å²) in [6.45, 7) is 0.619. The highest BCUT2D eigenvalue weighted by Crippen LogP contribution is 2.31. The van der Waals surface area contributed by atoms with E-state index in [4.69, 9.17) is 0 Å². The number of carbonyl (C=O) groups excluding carboxylic acids is 1. The van der Waals surface area contributed by atoms with E-state index >= 15 is 0 Å². The van der Waals surface area contributed by atoms with Gasteiger partial charge in [-0.1, -0.05) is 0 Å². The van der Waals surface area contributed by atoms with Gasteiger partial charge in [-0.2, -0.15) is 4.72 Å². The first-order chi connectivity index (χ1) is 8.08. The SMILES string of the molecule is CCS(=O)(=O)NC1CC(F)(F)CN1C(=O)N(C)C. The van der Waals surface area contributed by atoms with E-state index in [1.807, 2.05) is 0 Å². The summed E-state index contributed by atoms with van der Waals surface area (Å²) in [5.74, 6) is -3.30. The van der Waals surface area contributed by atoms with Crippen LogP contribution in [0.4, 0.5) is 13.6 Å². The second-order valence-electron chi connectivity index (χ2n) is 4.40. The lowest BCUT2D eigenvalue weighted by Crippen LogP contribution is -2.50. The number of urea groups is 1. The number of amides is 2. The van der Waals surface area contributed by atoms with Crippen LogP contribution in [0.2, 0.25) is 0 Å². The molecular weight excluding hydrogens is 268 g/mol. The van der Waals surface area contributed by atoms with E-state index in [1.165, 1.54) is 21.0 Å². The Hall–Kier alpha value is -0.960. The third-order valence-electron chi connectivity index (χ3n) is 2.59. The van der Waals surface area contributed by atoms with Crippen LogP contribution in [0.3, 0.4) is 0 Å². The molecule has 0 radical (unpaired) electrons. The molecule has 0 spiro atoms. The minimum absolute atomic E-state index is 0.223. The van der Waals surface area contributed by atoms with E-state index in [0.29, 0.717) is 0 Å². The van der Waals surface area contributed by atoms with Crippen molar-refractivity contribution < 1.29 is 22.0 Å². The summed E-state index contributed by atoms with van der Waals surface area (Å²) in [6.07, 6.45) is -1.90. The summed E-state index contributed by atoms with van der Waals surface area (Å²) in [5.41, 5.74) is 0. The molecule has 9 heteroatoms. The quantitative estimate of drug-likeness (QED) is 0.809. The molecule has 1 unspecified atom stereocenters. The van der Waals surface area contributed by atoms with Gasteiger partial charge in [0.05, 0.1) is 12.3 Å². The normalized spacial score (nSPS) is 23.2. The van der Waals surface area contributed by atoms with Crippen molar-refractivity contribution in [2.24, 2.45) is 0 Å². The van der Waals surface area contributed by atoms with Crippen molar-refractivity contribution in [1.29, 1.82) is 0 Å². The molecule has 0 aliphatic carbocycles. The molecule has 1 aliphatic heterocycles. The maximum atomic E-state index is 13.3. The zero-order chi connectivity index (χ0) is 14.1. The Kier molecular flexibility index (Phi) is 4.16.